The number of halogens is 1. The Hall–Kier alpha value is -3.05. The maximum atomic E-state index is 12.9. The summed E-state index contributed by atoms with van der Waals surface area (Å²) in [7, 11) is 0. The molecule has 0 aliphatic heterocycles. The lowest BCUT2D eigenvalue weighted by molar-refractivity contribution is 0.628. The van der Waals surface area contributed by atoms with Gasteiger partial charge in [0, 0.05) is 5.69 Å². The Kier molecular flexibility index (Phi) is 3.31. The van der Waals surface area contributed by atoms with E-state index in [2.05, 4.69) is 5.32 Å². The molecule has 0 heterocycles. The number of nitrogens with zero attached hydrogens (tertiary/aromatic N) is 2. The van der Waals surface area contributed by atoms with Crippen molar-refractivity contribution >= 4 is 17.1 Å². The van der Waals surface area contributed by atoms with E-state index in [0.29, 0.717) is 16.9 Å². The lowest BCUT2D eigenvalue weighted by Crippen LogP contribution is -1.97. The van der Waals surface area contributed by atoms with Crippen molar-refractivity contribution in [2.45, 2.75) is 0 Å². The Labute approximate surface area is 109 Å². The Balaban J connectivity index is 2.34. The standard InChI is InChI=1S/C14H9FN4/c15-11-2-4-14(13(18)6-11)19-12-3-1-9(7-16)10(5-12)8-17/h1-6,19H,18H2. The molecule has 2 aromatic rings. The molecule has 0 aliphatic carbocycles. The van der Waals surface area contributed by atoms with Gasteiger partial charge in [0.15, 0.2) is 0 Å². The summed E-state index contributed by atoms with van der Waals surface area (Å²) in [6.07, 6.45) is 0. The number of rotatable bonds is 2. The van der Waals surface area contributed by atoms with Crippen molar-refractivity contribution in [3.8, 4) is 12.1 Å². The zero-order valence-corrected chi connectivity index (χ0v) is 9.81. The Morgan fingerprint density at radius 3 is 2.37 bits per heavy atom. The average Bonchev–Trinajstić information content (AvgIpc) is 2.41. The van der Waals surface area contributed by atoms with Gasteiger partial charge in [-0.25, -0.2) is 4.39 Å². The Morgan fingerprint density at radius 2 is 1.74 bits per heavy atom. The smallest absolute Gasteiger partial charge is 0.125 e. The van der Waals surface area contributed by atoms with Crippen LogP contribution in [0.1, 0.15) is 11.1 Å². The first kappa shape index (κ1) is 12.4. The van der Waals surface area contributed by atoms with Crippen LogP contribution in [0.5, 0.6) is 0 Å². The van der Waals surface area contributed by atoms with Crippen molar-refractivity contribution in [1.82, 2.24) is 0 Å². The average molecular weight is 252 g/mol. The highest BCUT2D eigenvalue weighted by molar-refractivity contribution is 5.73. The molecule has 2 rings (SSSR count). The van der Waals surface area contributed by atoms with Crippen LogP contribution in [-0.4, -0.2) is 0 Å². The number of hydrogen-bond acceptors (Lipinski definition) is 4. The fraction of sp³-hybridized carbons (Fsp3) is 0. The van der Waals surface area contributed by atoms with E-state index in [0.717, 1.165) is 0 Å². The highest BCUT2D eigenvalue weighted by Gasteiger charge is 2.05. The molecular formula is C14H9FN4. The van der Waals surface area contributed by atoms with Crippen LogP contribution in [0.15, 0.2) is 36.4 Å². The molecule has 0 aliphatic rings. The van der Waals surface area contributed by atoms with Crippen molar-refractivity contribution in [2.24, 2.45) is 0 Å². The van der Waals surface area contributed by atoms with Crippen molar-refractivity contribution in [2.75, 3.05) is 11.1 Å². The molecule has 0 bridgehead atoms. The van der Waals surface area contributed by atoms with Gasteiger partial charge in [-0.1, -0.05) is 0 Å². The maximum absolute atomic E-state index is 12.9. The molecule has 2 aromatic carbocycles. The number of nitrogens with two attached hydrogens (primary N) is 1. The lowest BCUT2D eigenvalue weighted by Gasteiger charge is -2.09. The number of anilines is 3. The van der Waals surface area contributed by atoms with Crippen molar-refractivity contribution in [3.63, 3.8) is 0 Å². The van der Waals surface area contributed by atoms with Gasteiger partial charge >= 0.3 is 0 Å². The summed E-state index contributed by atoms with van der Waals surface area (Å²) in [6, 6.07) is 12.6. The van der Waals surface area contributed by atoms with E-state index in [1.807, 2.05) is 12.1 Å². The highest BCUT2D eigenvalue weighted by Crippen LogP contribution is 2.25. The number of nitriles is 2. The van der Waals surface area contributed by atoms with Crippen LogP contribution in [0, 0.1) is 28.5 Å². The summed E-state index contributed by atoms with van der Waals surface area (Å²) in [6.45, 7) is 0. The highest BCUT2D eigenvalue weighted by atomic mass is 19.1. The molecule has 5 heteroatoms. The predicted molar refractivity (Wildman–Crippen MR) is 70.0 cm³/mol. The molecule has 0 fully saturated rings. The summed E-state index contributed by atoms with van der Waals surface area (Å²) in [5.74, 6) is -0.416. The SMILES string of the molecule is N#Cc1ccc(Nc2ccc(F)cc2N)cc1C#N. The van der Waals surface area contributed by atoms with Crippen molar-refractivity contribution in [1.29, 1.82) is 10.5 Å². The Bertz CT molecular complexity index is 710. The van der Waals surface area contributed by atoms with Crippen molar-refractivity contribution < 1.29 is 4.39 Å². The van der Waals surface area contributed by atoms with E-state index in [1.165, 1.54) is 18.2 Å². The predicted octanol–water partition coefficient (Wildman–Crippen LogP) is 2.89. The second-order valence-corrected chi connectivity index (χ2v) is 3.84. The summed E-state index contributed by atoms with van der Waals surface area (Å²) in [5.41, 5.74) is 7.66. The third kappa shape index (κ3) is 2.62. The quantitative estimate of drug-likeness (QED) is 0.804. The first-order valence-corrected chi connectivity index (χ1v) is 5.40. The molecule has 3 N–H and O–H groups in total. The van der Waals surface area contributed by atoms with Crippen LogP contribution in [0.4, 0.5) is 21.5 Å². The first-order valence-electron chi connectivity index (χ1n) is 5.40. The minimum absolute atomic E-state index is 0.267. The second kappa shape index (κ2) is 5.07. The zero-order valence-electron chi connectivity index (χ0n) is 9.81. The number of hydrogen-bond donors (Lipinski definition) is 2. The molecule has 0 amide bonds. The summed E-state index contributed by atoms with van der Waals surface area (Å²) in [5, 5.41) is 20.7. The molecule has 0 atom stereocenters. The Morgan fingerprint density at radius 1 is 1.00 bits per heavy atom. The summed E-state index contributed by atoms with van der Waals surface area (Å²) >= 11 is 0. The molecule has 92 valence electrons. The lowest BCUT2D eigenvalue weighted by atomic mass is 10.1. The molecule has 4 nitrogen and oxygen atoms in total. The molecular weight excluding hydrogens is 243 g/mol. The van der Waals surface area contributed by atoms with Gasteiger partial charge in [-0.2, -0.15) is 10.5 Å². The van der Waals surface area contributed by atoms with Crippen LogP contribution < -0.4 is 11.1 Å². The van der Waals surface area contributed by atoms with Gasteiger partial charge in [-0.05, 0) is 36.4 Å². The number of nitrogens with one attached hydrogen (secondary N) is 1. The van der Waals surface area contributed by atoms with Gasteiger partial charge < -0.3 is 11.1 Å². The minimum atomic E-state index is -0.416. The third-order valence-corrected chi connectivity index (χ3v) is 2.55. The number of nitrogen functional groups attached to an aromatic ring is 1. The van der Waals surface area contributed by atoms with Gasteiger partial charge in [0.05, 0.1) is 22.5 Å². The molecule has 0 radical (unpaired) electrons. The van der Waals surface area contributed by atoms with Gasteiger partial charge in [0.2, 0.25) is 0 Å². The minimum Gasteiger partial charge on any atom is -0.397 e. The summed E-state index contributed by atoms with van der Waals surface area (Å²) in [4.78, 5) is 0. The van der Waals surface area contributed by atoms with E-state index < -0.39 is 5.82 Å². The van der Waals surface area contributed by atoms with Gasteiger partial charge in [0.1, 0.15) is 18.0 Å². The largest absolute Gasteiger partial charge is 0.397 e. The normalized spacial score (nSPS) is 9.42. The van der Waals surface area contributed by atoms with Crippen LogP contribution >= 0.6 is 0 Å². The molecule has 0 spiro atoms. The first-order chi connectivity index (χ1) is 9.13. The van der Waals surface area contributed by atoms with Crippen LogP contribution in [0.25, 0.3) is 0 Å². The molecule has 0 aromatic heterocycles. The van der Waals surface area contributed by atoms with Crippen molar-refractivity contribution in [3.05, 3.63) is 53.3 Å². The molecule has 19 heavy (non-hydrogen) atoms. The van der Waals surface area contributed by atoms with Crippen LogP contribution in [0.2, 0.25) is 0 Å². The van der Waals surface area contributed by atoms with Crippen LogP contribution in [-0.2, 0) is 0 Å². The monoisotopic (exact) mass is 252 g/mol. The molecule has 0 saturated heterocycles. The maximum Gasteiger partial charge on any atom is 0.125 e. The third-order valence-electron chi connectivity index (χ3n) is 2.55. The fourth-order valence-corrected chi connectivity index (χ4v) is 1.61. The number of benzene rings is 2. The zero-order chi connectivity index (χ0) is 13.8. The van der Waals surface area contributed by atoms with Gasteiger partial charge in [-0.3, -0.25) is 0 Å². The van der Waals surface area contributed by atoms with E-state index in [9.17, 15) is 4.39 Å². The van der Waals surface area contributed by atoms with Crippen LogP contribution in [0.3, 0.4) is 0 Å². The fourth-order valence-electron chi connectivity index (χ4n) is 1.61. The molecule has 0 saturated carbocycles. The molecule has 0 unspecified atom stereocenters. The van der Waals surface area contributed by atoms with E-state index in [-0.39, 0.29) is 11.3 Å². The topological polar surface area (TPSA) is 85.6 Å². The summed E-state index contributed by atoms with van der Waals surface area (Å²) < 4.78 is 12.9. The van der Waals surface area contributed by atoms with E-state index in [4.69, 9.17) is 16.3 Å². The van der Waals surface area contributed by atoms with Gasteiger partial charge in [-0.15, -0.1) is 0 Å². The van der Waals surface area contributed by atoms with E-state index >= 15 is 0 Å². The second-order valence-electron chi connectivity index (χ2n) is 3.84. The van der Waals surface area contributed by atoms with E-state index in [1.54, 1.807) is 18.2 Å². The van der Waals surface area contributed by atoms with Gasteiger partial charge in [0.25, 0.3) is 0 Å².